The third-order valence-electron chi connectivity index (χ3n) is 4.31. The predicted octanol–water partition coefficient (Wildman–Crippen LogP) is 1.41. The Morgan fingerprint density at radius 3 is 2.30 bits per heavy atom. The molecular formula is C20H34ClNO. The monoisotopic (exact) mass is 339 g/mol. The summed E-state index contributed by atoms with van der Waals surface area (Å²) in [6, 6.07) is 4.20. The van der Waals surface area contributed by atoms with E-state index in [4.69, 9.17) is 0 Å². The molecule has 0 heterocycles. The maximum Gasteiger partial charge on any atom is 0.128 e. The summed E-state index contributed by atoms with van der Waals surface area (Å²) in [5.74, 6) is 1.26. The molecule has 0 radical (unpaired) electrons. The number of aryl methyl sites for hydroxylation is 1. The maximum absolute atomic E-state index is 10.3. The van der Waals surface area contributed by atoms with Crippen LogP contribution in [0.2, 0.25) is 0 Å². The molecule has 4 N–H and O–H groups in total. The van der Waals surface area contributed by atoms with Crippen LogP contribution < -0.4 is 18.1 Å². The SMILES string of the molecule is C=CCc1ccc(CCCCCCCC(C)C)c(C[NH3+])c1O.[Cl-]. The summed E-state index contributed by atoms with van der Waals surface area (Å²) in [5.41, 5.74) is 7.24. The second kappa shape index (κ2) is 12.4. The Balaban J connectivity index is 0.00000484. The number of rotatable bonds is 11. The average Bonchev–Trinajstić information content (AvgIpc) is 2.49. The number of unbranched alkanes of at least 4 members (excludes halogenated alkanes) is 4. The largest absolute Gasteiger partial charge is 1.00 e. The number of allylic oxidation sites excluding steroid dienone is 1. The van der Waals surface area contributed by atoms with Gasteiger partial charge in [0.25, 0.3) is 0 Å². The normalized spacial score (nSPS) is 10.6. The van der Waals surface area contributed by atoms with Crippen LogP contribution in [0.15, 0.2) is 24.8 Å². The van der Waals surface area contributed by atoms with Crippen molar-refractivity contribution in [3.8, 4) is 5.75 Å². The van der Waals surface area contributed by atoms with Crippen molar-refractivity contribution in [2.24, 2.45) is 5.92 Å². The first-order valence-electron chi connectivity index (χ1n) is 8.82. The van der Waals surface area contributed by atoms with E-state index >= 15 is 0 Å². The molecule has 1 rings (SSSR count). The molecule has 0 saturated carbocycles. The maximum atomic E-state index is 10.3. The molecule has 0 bridgehead atoms. The molecule has 0 spiro atoms. The number of halogens is 1. The molecule has 0 fully saturated rings. The molecule has 2 nitrogen and oxygen atoms in total. The van der Waals surface area contributed by atoms with E-state index in [0.29, 0.717) is 12.3 Å². The van der Waals surface area contributed by atoms with Crippen molar-refractivity contribution in [2.75, 3.05) is 0 Å². The first-order valence-corrected chi connectivity index (χ1v) is 8.82. The molecular weight excluding hydrogens is 306 g/mol. The van der Waals surface area contributed by atoms with E-state index in [9.17, 15) is 5.11 Å². The summed E-state index contributed by atoms with van der Waals surface area (Å²) in [6.45, 7) is 8.99. The van der Waals surface area contributed by atoms with E-state index in [1.165, 1.54) is 44.1 Å². The van der Waals surface area contributed by atoms with Crippen molar-refractivity contribution in [3.63, 3.8) is 0 Å². The van der Waals surface area contributed by atoms with Crippen LogP contribution in [0.1, 0.15) is 69.1 Å². The topological polar surface area (TPSA) is 47.9 Å². The molecule has 0 amide bonds. The number of hydrogen-bond acceptors (Lipinski definition) is 1. The predicted molar refractivity (Wildman–Crippen MR) is 94.8 cm³/mol. The molecule has 0 unspecified atom stereocenters. The number of aromatic hydroxyl groups is 1. The quantitative estimate of drug-likeness (QED) is 0.465. The molecule has 0 saturated heterocycles. The number of benzene rings is 1. The van der Waals surface area contributed by atoms with Gasteiger partial charge in [-0.1, -0.05) is 64.2 Å². The van der Waals surface area contributed by atoms with Crippen molar-refractivity contribution >= 4 is 0 Å². The lowest BCUT2D eigenvalue weighted by atomic mass is 9.96. The fourth-order valence-electron chi connectivity index (χ4n) is 2.96. The molecule has 1 aromatic carbocycles. The first-order chi connectivity index (χ1) is 10.6. The van der Waals surface area contributed by atoms with Gasteiger partial charge in [-0.25, -0.2) is 0 Å². The minimum atomic E-state index is 0. The highest BCUT2D eigenvalue weighted by molar-refractivity contribution is 5.46. The number of hydrogen-bond donors (Lipinski definition) is 2. The van der Waals surface area contributed by atoms with Crippen LogP contribution in [-0.4, -0.2) is 5.11 Å². The average molecular weight is 340 g/mol. The van der Waals surface area contributed by atoms with Gasteiger partial charge in [0.1, 0.15) is 12.3 Å². The molecule has 0 aliphatic heterocycles. The Bertz CT molecular complexity index is 457. The highest BCUT2D eigenvalue weighted by Crippen LogP contribution is 2.27. The number of phenols is 1. The van der Waals surface area contributed by atoms with Gasteiger partial charge in [-0.3, -0.25) is 0 Å². The van der Waals surface area contributed by atoms with Crippen LogP contribution in [0.4, 0.5) is 0 Å². The summed E-state index contributed by atoms with van der Waals surface area (Å²) in [7, 11) is 0. The molecule has 0 aliphatic carbocycles. The van der Waals surface area contributed by atoms with E-state index in [1.807, 2.05) is 12.1 Å². The molecule has 0 atom stereocenters. The third-order valence-corrected chi connectivity index (χ3v) is 4.31. The van der Waals surface area contributed by atoms with E-state index in [0.717, 1.165) is 29.9 Å². The number of phenolic OH excluding ortho intramolecular Hbond substituents is 1. The molecule has 23 heavy (non-hydrogen) atoms. The zero-order chi connectivity index (χ0) is 16.4. The van der Waals surface area contributed by atoms with E-state index in [-0.39, 0.29) is 12.4 Å². The smallest absolute Gasteiger partial charge is 0.128 e. The Labute approximate surface area is 148 Å². The molecule has 132 valence electrons. The van der Waals surface area contributed by atoms with E-state index in [2.05, 4.69) is 32.2 Å². The first kappa shape index (κ1) is 22.0. The summed E-state index contributed by atoms with van der Waals surface area (Å²) in [5, 5.41) is 10.3. The van der Waals surface area contributed by atoms with Crippen molar-refractivity contribution < 1.29 is 23.2 Å². The Hall–Kier alpha value is -0.990. The van der Waals surface area contributed by atoms with Crippen molar-refractivity contribution in [1.29, 1.82) is 0 Å². The van der Waals surface area contributed by atoms with Crippen molar-refractivity contribution in [1.82, 2.24) is 0 Å². The van der Waals surface area contributed by atoms with Crippen LogP contribution in [-0.2, 0) is 19.4 Å². The summed E-state index contributed by atoms with van der Waals surface area (Å²) in [6.07, 6.45) is 11.5. The van der Waals surface area contributed by atoms with Gasteiger partial charge < -0.3 is 23.2 Å². The van der Waals surface area contributed by atoms with Gasteiger partial charge >= 0.3 is 0 Å². The van der Waals surface area contributed by atoms with Gasteiger partial charge in [-0.15, -0.1) is 6.58 Å². The van der Waals surface area contributed by atoms with Gasteiger partial charge in [0, 0.05) is 0 Å². The molecule has 3 heteroatoms. The molecule has 0 aromatic heterocycles. The van der Waals surface area contributed by atoms with Crippen molar-refractivity contribution in [3.05, 3.63) is 41.5 Å². The standard InChI is InChI=1S/C20H33NO.ClH/c1-4-10-18-14-13-17(19(15-21)20(18)22)12-9-7-5-6-8-11-16(2)3;/h4,13-14,16,22H,1,5-12,15,21H2,2-3H3;1H. The van der Waals surface area contributed by atoms with Gasteiger partial charge in [-0.05, 0) is 36.3 Å². The molecule has 1 aromatic rings. The fraction of sp³-hybridized carbons (Fsp3) is 0.600. The fourth-order valence-corrected chi connectivity index (χ4v) is 2.96. The van der Waals surface area contributed by atoms with Crippen molar-refractivity contribution in [2.45, 2.75) is 71.8 Å². The highest BCUT2D eigenvalue weighted by Gasteiger charge is 2.11. The highest BCUT2D eigenvalue weighted by atomic mass is 35.5. The van der Waals surface area contributed by atoms with Gasteiger partial charge in [-0.2, -0.15) is 0 Å². The lowest BCUT2D eigenvalue weighted by molar-refractivity contribution is -0.386. The van der Waals surface area contributed by atoms with Crippen LogP contribution in [0.5, 0.6) is 5.75 Å². The van der Waals surface area contributed by atoms with Crippen LogP contribution in [0.3, 0.4) is 0 Å². The molecule has 0 aliphatic rings. The van der Waals surface area contributed by atoms with Gasteiger partial charge in [0.15, 0.2) is 0 Å². The summed E-state index contributed by atoms with van der Waals surface area (Å²) >= 11 is 0. The summed E-state index contributed by atoms with van der Waals surface area (Å²) < 4.78 is 0. The third kappa shape index (κ3) is 7.90. The zero-order valence-electron chi connectivity index (χ0n) is 14.9. The number of quaternary nitrogens is 1. The Kier molecular flexibility index (Phi) is 11.9. The second-order valence-corrected chi connectivity index (χ2v) is 6.65. The van der Waals surface area contributed by atoms with Crippen LogP contribution >= 0.6 is 0 Å². The van der Waals surface area contributed by atoms with Gasteiger partial charge in [0.05, 0.1) is 5.56 Å². The second-order valence-electron chi connectivity index (χ2n) is 6.65. The zero-order valence-corrected chi connectivity index (χ0v) is 15.7. The minimum Gasteiger partial charge on any atom is -1.00 e. The lowest BCUT2D eigenvalue weighted by Crippen LogP contribution is -3.00. The van der Waals surface area contributed by atoms with Crippen LogP contribution in [0.25, 0.3) is 0 Å². The Morgan fingerprint density at radius 1 is 1.09 bits per heavy atom. The van der Waals surface area contributed by atoms with Crippen LogP contribution in [0, 0.1) is 5.92 Å². The van der Waals surface area contributed by atoms with E-state index in [1.54, 1.807) is 0 Å². The van der Waals surface area contributed by atoms with Gasteiger partial charge in [0.2, 0.25) is 0 Å². The minimum absolute atomic E-state index is 0. The van der Waals surface area contributed by atoms with E-state index < -0.39 is 0 Å². The summed E-state index contributed by atoms with van der Waals surface area (Å²) in [4.78, 5) is 0. The Morgan fingerprint density at radius 2 is 1.70 bits per heavy atom. The lowest BCUT2D eigenvalue weighted by Gasteiger charge is -2.12.